The number of fused-ring (bicyclic) bond motifs is 1. The molecule has 1 aromatic heterocycles. The molecule has 2 aromatic carbocycles. The van der Waals surface area contributed by atoms with Gasteiger partial charge < -0.3 is 30.7 Å². The number of aromatic nitrogens is 2. The molecule has 0 aliphatic carbocycles. The van der Waals surface area contributed by atoms with Gasteiger partial charge in [0.1, 0.15) is 6.04 Å². The molecule has 6 rings (SSSR count). The van der Waals surface area contributed by atoms with Crippen LogP contribution in [0.4, 0.5) is 10.5 Å². The molecule has 0 bridgehead atoms. The monoisotopic (exact) mass is 621 g/mol. The zero-order chi connectivity index (χ0) is 30.8. The first-order chi connectivity index (χ1) is 21.3. The number of para-hydroxylation sites is 2. The average molecular weight is 622 g/mol. The third kappa shape index (κ3) is 6.47. The Morgan fingerprint density at radius 2 is 1.61 bits per heavy atom. The zero-order valence-corrected chi connectivity index (χ0v) is 26.3. The summed E-state index contributed by atoms with van der Waals surface area (Å²) in [4.78, 5) is 49.6. The number of halogens is 1. The van der Waals surface area contributed by atoms with Crippen LogP contribution < -0.4 is 16.7 Å². The highest BCUT2D eigenvalue weighted by Gasteiger charge is 2.34. The predicted molar refractivity (Wildman–Crippen MR) is 174 cm³/mol. The number of rotatable bonds is 6. The number of amides is 3. The number of aromatic amines is 1. The lowest BCUT2D eigenvalue weighted by Crippen LogP contribution is -2.56. The number of nitrogens with two attached hydrogens (primary N) is 1. The van der Waals surface area contributed by atoms with E-state index in [-0.39, 0.29) is 23.7 Å². The van der Waals surface area contributed by atoms with Crippen LogP contribution in [0.1, 0.15) is 62.1 Å². The summed E-state index contributed by atoms with van der Waals surface area (Å²) in [6, 6.07) is 11.0. The molecule has 1 atom stereocenters. The molecule has 3 aliphatic rings. The van der Waals surface area contributed by atoms with Gasteiger partial charge in [0.15, 0.2) is 0 Å². The van der Waals surface area contributed by atoms with Crippen molar-refractivity contribution in [3.63, 3.8) is 0 Å². The normalized spacial score (nSPS) is 19.8. The van der Waals surface area contributed by atoms with Crippen LogP contribution in [0.25, 0.3) is 11.0 Å². The molecule has 0 unspecified atom stereocenters. The van der Waals surface area contributed by atoms with E-state index in [1.54, 1.807) is 11.0 Å². The van der Waals surface area contributed by atoms with E-state index in [0.29, 0.717) is 62.2 Å². The molecule has 10 nitrogen and oxygen atoms in total. The van der Waals surface area contributed by atoms with E-state index >= 15 is 0 Å². The quantitative estimate of drug-likeness (QED) is 0.355. The van der Waals surface area contributed by atoms with E-state index in [1.807, 2.05) is 46.7 Å². The van der Waals surface area contributed by atoms with Crippen molar-refractivity contribution in [2.45, 2.75) is 76.4 Å². The molecule has 236 valence electrons. The van der Waals surface area contributed by atoms with E-state index in [1.165, 1.54) is 19.3 Å². The average Bonchev–Trinajstić information content (AvgIpc) is 3.39. The summed E-state index contributed by atoms with van der Waals surface area (Å²) >= 11 is 6.40. The van der Waals surface area contributed by atoms with Crippen LogP contribution in [-0.2, 0) is 11.2 Å². The Morgan fingerprint density at radius 1 is 0.955 bits per heavy atom. The standard InChI is InChI=1S/C33H44ClN7O3/c1-22-19-23(20-26(34)30(22)35)21-28(31(42)39-15-9-24(10-16-39)38-13-5-2-6-14-38)37-32(43)40-17-11-25(12-18-40)41-29-8-4-3-7-27(29)36-33(41)44/h3-4,7-8,19-20,24-25,28H,2,5-6,9-18,21,35H2,1H3,(H,36,44)(H,37,43)/t28-/m1/s1. The second kappa shape index (κ2) is 13.2. The molecule has 3 amide bonds. The van der Waals surface area contributed by atoms with Gasteiger partial charge in [-0.05, 0) is 87.9 Å². The van der Waals surface area contributed by atoms with Crippen molar-refractivity contribution in [3.8, 4) is 0 Å². The number of anilines is 1. The van der Waals surface area contributed by atoms with E-state index in [4.69, 9.17) is 17.3 Å². The maximum absolute atomic E-state index is 14.0. The van der Waals surface area contributed by atoms with Gasteiger partial charge in [-0.2, -0.15) is 0 Å². The van der Waals surface area contributed by atoms with Gasteiger partial charge in [-0.25, -0.2) is 9.59 Å². The van der Waals surface area contributed by atoms with Crippen LogP contribution in [0, 0.1) is 6.92 Å². The van der Waals surface area contributed by atoms with Crippen LogP contribution in [0.15, 0.2) is 41.2 Å². The van der Waals surface area contributed by atoms with Gasteiger partial charge in [0.05, 0.1) is 21.7 Å². The van der Waals surface area contributed by atoms with Crippen LogP contribution in [0.3, 0.4) is 0 Å². The first-order valence-electron chi connectivity index (χ1n) is 16.1. The van der Waals surface area contributed by atoms with E-state index in [2.05, 4.69) is 15.2 Å². The van der Waals surface area contributed by atoms with Crippen molar-refractivity contribution in [2.75, 3.05) is 45.0 Å². The van der Waals surface area contributed by atoms with Crippen molar-refractivity contribution in [1.29, 1.82) is 0 Å². The maximum atomic E-state index is 14.0. The number of carbonyl (C=O) groups excluding carboxylic acids is 2. The number of nitrogens with one attached hydrogen (secondary N) is 2. The van der Waals surface area contributed by atoms with Gasteiger partial charge in [-0.15, -0.1) is 0 Å². The number of urea groups is 1. The second-order valence-electron chi connectivity index (χ2n) is 12.7. The van der Waals surface area contributed by atoms with Crippen LogP contribution >= 0.6 is 11.6 Å². The number of H-pyrrole nitrogens is 1. The third-order valence-electron chi connectivity index (χ3n) is 9.86. The van der Waals surface area contributed by atoms with Gasteiger partial charge >= 0.3 is 11.7 Å². The van der Waals surface area contributed by atoms with Gasteiger partial charge in [-0.3, -0.25) is 9.36 Å². The lowest BCUT2D eigenvalue weighted by Gasteiger charge is -2.41. The maximum Gasteiger partial charge on any atom is 0.326 e. The predicted octanol–water partition coefficient (Wildman–Crippen LogP) is 4.31. The van der Waals surface area contributed by atoms with Crippen molar-refractivity contribution in [2.24, 2.45) is 0 Å². The summed E-state index contributed by atoms with van der Waals surface area (Å²) in [6.07, 6.45) is 7.38. The zero-order valence-electron chi connectivity index (χ0n) is 25.6. The molecular formula is C33H44ClN7O3. The number of nitrogens with zero attached hydrogens (tertiary/aromatic N) is 4. The molecular weight excluding hydrogens is 578 g/mol. The number of hydrogen-bond acceptors (Lipinski definition) is 5. The molecule has 11 heteroatoms. The number of likely N-dealkylation sites (tertiary alicyclic amines) is 3. The highest BCUT2D eigenvalue weighted by molar-refractivity contribution is 6.33. The lowest BCUT2D eigenvalue weighted by molar-refractivity contribution is -0.134. The summed E-state index contributed by atoms with van der Waals surface area (Å²) < 4.78 is 1.82. The SMILES string of the molecule is Cc1cc(C[C@@H](NC(=O)N2CCC(n3c(=O)[nH]c4ccccc43)CC2)C(=O)N2CCC(N3CCCCC3)CC2)cc(Cl)c1N. The summed E-state index contributed by atoms with van der Waals surface area (Å²) in [5.41, 5.74) is 9.90. The molecule has 4 heterocycles. The topological polar surface area (TPSA) is 120 Å². The van der Waals surface area contributed by atoms with Crippen LogP contribution in [0.5, 0.6) is 0 Å². The Kier molecular flexibility index (Phi) is 9.18. The molecule has 3 aromatic rings. The minimum Gasteiger partial charge on any atom is -0.397 e. The molecule has 3 fully saturated rings. The molecule has 0 radical (unpaired) electrons. The first-order valence-corrected chi connectivity index (χ1v) is 16.5. The fourth-order valence-electron chi connectivity index (χ4n) is 7.34. The van der Waals surface area contributed by atoms with Crippen LogP contribution in [0.2, 0.25) is 5.02 Å². The molecule has 3 saturated heterocycles. The number of carbonyl (C=O) groups is 2. The van der Waals surface area contributed by atoms with Crippen LogP contribution in [-0.4, -0.2) is 87.5 Å². The molecule has 44 heavy (non-hydrogen) atoms. The summed E-state index contributed by atoms with van der Waals surface area (Å²) in [5.74, 6) is -0.0544. The highest BCUT2D eigenvalue weighted by atomic mass is 35.5. The molecule has 3 aliphatic heterocycles. The Morgan fingerprint density at radius 3 is 2.32 bits per heavy atom. The number of aryl methyl sites for hydroxylation is 1. The van der Waals surface area contributed by atoms with Crippen molar-refractivity contribution in [3.05, 3.63) is 63.0 Å². The Bertz CT molecular complexity index is 1520. The Balaban J connectivity index is 1.13. The summed E-state index contributed by atoms with van der Waals surface area (Å²) in [6.45, 7) is 6.58. The smallest absolute Gasteiger partial charge is 0.326 e. The number of piperidine rings is 3. The molecule has 0 spiro atoms. The first kappa shape index (κ1) is 30.5. The highest BCUT2D eigenvalue weighted by Crippen LogP contribution is 2.27. The Hall–Kier alpha value is -3.50. The molecule has 0 saturated carbocycles. The third-order valence-corrected chi connectivity index (χ3v) is 10.2. The van der Waals surface area contributed by atoms with Crippen molar-refractivity contribution >= 4 is 40.3 Å². The van der Waals surface area contributed by atoms with E-state index < -0.39 is 6.04 Å². The number of benzene rings is 2. The number of hydrogen-bond donors (Lipinski definition) is 3. The summed E-state index contributed by atoms with van der Waals surface area (Å²) in [5, 5.41) is 3.54. The van der Waals surface area contributed by atoms with Gasteiger partial charge in [0, 0.05) is 44.7 Å². The van der Waals surface area contributed by atoms with Crippen molar-refractivity contribution in [1.82, 2.24) is 29.6 Å². The lowest BCUT2D eigenvalue weighted by atomic mass is 9.97. The fraction of sp³-hybridized carbons (Fsp3) is 0.545. The Labute approximate surface area is 263 Å². The van der Waals surface area contributed by atoms with Gasteiger partial charge in [0.2, 0.25) is 5.91 Å². The van der Waals surface area contributed by atoms with E-state index in [0.717, 1.165) is 48.1 Å². The second-order valence-corrected chi connectivity index (χ2v) is 13.1. The van der Waals surface area contributed by atoms with Gasteiger partial charge in [0.25, 0.3) is 0 Å². The minimum absolute atomic E-state index is 0.00113. The van der Waals surface area contributed by atoms with Gasteiger partial charge in [-0.1, -0.05) is 36.2 Å². The number of nitrogen functional groups attached to an aromatic ring is 1. The largest absolute Gasteiger partial charge is 0.397 e. The number of imidazole rings is 1. The van der Waals surface area contributed by atoms with E-state index in [9.17, 15) is 14.4 Å². The molecule has 4 N–H and O–H groups in total. The summed E-state index contributed by atoms with van der Waals surface area (Å²) in [7, 11) is 0. The van der Waals surface area contributed by atoms with Crippen molar-refractivity contribution < 1.29 is 9.59 Å². The fourth-order valence-corrected chi connectivity index (χ4v) is 7.63. The minimum atomic E-state index is -0.720.